The molecule has 2 nitrogen and oxygen atoms in total. The fraction of sp³-hybridized carbons (Fsp3) is 1.00. The maximum absolute atomic E-state index is 6.43. The molecule has 0 aromatic rings. The van der Waals surface area contributed by atoms with Crippen LogP contribution in [0.2, 0.25) is 0 Å². The summed E-state index contributed by atoms with van der Waals surface area (Å²) in [6, 6.07) is 0. The van der Waals surface area contributed by atoms with Crippen molar-refractivity contribution in [1.29, 1.82) is 0 Å². The summed E-state index contributed by atoms with van der Waals surface area (Å²) in [5, 5.41) is 0. The van der Waals surface area contributed by atoms with Crippen LogP contribution in [0.15, 0.2) is 0 Å². The van der Waals surface area contributed by atoms with Gasteiger partial charge in [0.1, 0.15) is 0 Å². The van der Waals surface area contributed by atoms with Crippen molar-refractivity contribution in [2.75, 3.05) is 6.61 Å². The molecule has 4 saturated heterocycles. The van der Waals surface area contributed by atoms with Gasteiger partial charge in [0.05, 0.1) is 23.9 Å². The summed E-state index contributed by atoms with van der Waals surface area (Å²) >= 11 is 0. The molecule has 0 amide bonds. The Labute approximate surface area is 142 Å². The number of rotatable bonds is 3. The van der Waals surface area contributed by atoms with Crippen LogP contribution < -0.4 is 0 Å². The molecular weight excluding hydrogens is 284 g/mol. The molecule has 5 aliphatic rings. The second kappa shape index (κ2) is 4.55. The van der Waals surface area contributed by atoms with E-state index in [9.17, 15) is 0 Å². The normalized spacial score (nSPS) is 49.3. The van der Waals surface area contributed by atoms with Crippen molar-refractivity contribution < 1.29 is 9.47 Å². The third-order valence-corrected chi connectivity index (χ3v) is 8.12. The average molecular weight is 321 g/mol. The number of hydrogen-bond donors (Lipinski definition) is 0. The van der Waals surface area contributed by atoms with E-state index < -0.39 is 0 Å². The molecule has 0 spiro atoms. The molecule has 23 heavy (non-hydrogen) atoms. The van der Waals surface area contributed by atoms with Gasteiger partial charge in [-0.1, -0.05) is 34.6 Å². The molecule has 1 saturated carbocycles. The highest BCUT2D eigenvalue weighted by molar-refractivity contribution is 5.16. The molecule has 0 radical (unpaired) electrons. The first kappa shape index (κ1) is 16.4. The molecule has 3 unspecified atom stereocenters. The van der Waals surface area contributed by atoms with Gasteiger partial charge in [0.15, 0.2) is 0 Å². The van der Waals surface area contributed by atoms with Crippen molar-refractivity contribution >= 4 is 0 Å². The van der Waals surface area contributed by atoms with E-state index >= 15 is 0 Å². The molecule has 5 rings (SSSR count). The minimum absolute atomic E-state index is 0.161. The Morgan fingerprint density at radius 1 is 1.09 bits per heavy atom. The molecule has 5 fully saturated rings. The topological polar surface area (TPSA) is 18.5 Å². The van der Waals surface area contributed by atoms with Crippen molar-refractivity contribution in [2.45, 2.75) is 104 Å². The van der Waals surface area contributed by atoms with Gasteiger partial charge < -0.3 is 9.47 Å². The van der Waals surface area contributed by atoms with E-state index in [1.807, 2.05) is 0 Å². The molecule has 1 aliphatic carbocycles. The van der Waals surface area contributed by atoms with Gasteiger partial charge >= 0.3 is 0 Å². The first-order valence-electron chi connectivity index (χ1n) is 9.79. The molecule has 0 N–H and O–H groups in total. The Kier molecular flexibility index (Phi) is 3.24. The number of hydrogen-bond acceptors (Lipinski definition) is 2. The summed E-state index contributed by atoms with van der Waals surface area (Å²) in [5.41, 5.74) is 1.54. The smallest absolute Gasteiger partial charge is 0.0700 e. The van der Waals surface area contributed by atoms with Crippen molar-refractivity contribution in [1.82, 2.24) is 0 Å². The van der Waals surface area contributed by atoms with E-state index in [1.165, 1.54) is 44.9 Å². The lowest BCUT2D eigenvalue weighted by Gasteiger charge is -2.55. The summed E-state index contributed by atoms with van der Waals surface area (Å²) < 4.78 is 12.7. The monoisotopic (exact) mass is 320 g/mol. The summed E-state index contributed by atoms with van der Waals surface area (Å²) in [5.74, 6) is 0.789. The summed E-state index contributed by atoms with van der Waals surface area (Å²) in [6.07, 6.45) is 9.39. The highest BCUT2D eigenvalue weighted by Crippen LogP contribution is 2.68. The van der Waals surface area contributed by atoms with Gasteiger partial charge in [0.2, 0.25) is 0 Å². The molecule has 3 atom stereocenters. The van der Waals surface area contributed by atoms with Crippen LogP contribution in [-0.2, 0) is 9.47 Å². The van der Waals surface area contributed by atoms with E-state index in [4.69, 9.17) is 9.47 Å². The fourth-order valence-electron chi connectivity index (χ4n) is 6.39. The van der Waals surface area contributed by atoms with Crippen LogP contribution in [0.5, 0.6) is 0 Å². The van der Waals surface area contributed by atoms with Crippen molar-refractivity contribution in [3.05, 3.63) is 0 Å². The van der Waals surface area contributed by atoms with E-state index in [-0.39, 0.29) is 11.2 Å². The molecule has 2 heteroatoms. The summed E-state index contributed by atoms with van der Waals surface area (Å²) in [6.45, 7) is 15.5. The quantitative estimate of drug-likeness (QED) is 0.698. The van der Waals surface area contributed by atoms with Crippen LogP contribution in [0.1, 0.15) is 86.5 Å². The van der Waals surface area contributed by atoms with Crippen LogP contribution in [0, 0.1) is 22.2 Å². The third kappa shape index (κ3) is 2.42. The highest BCUT2D eigenvalue weighted by Gasteiger charge is 2.67. The molecule has 4 bridgehead atoms. The van der Waals surface area contributed by atoms with Gasteiger partial charge in [-0.15, -0.1) is 0 Å². The largest absolute Gasteiger partial charge is 0.374 e. The molecular formula is C21H36O2. The summed E-state index contributed by atoms with van der Waals surface area (Å²) in [4.78, 5) is 0. The highest BCUT2D eigenvalue weighted by atomic mass is 16.5. The fourth-order valence-corrected chi connectivity index (χ4v) is 6.39. The van der Waals surface area contributed by atoms with Crippen molar-refractivity contribution in [3.63, 3.8) is 0 Å². The van der Waals surface area contributed by atoms with E-state index in [0.717, 1.165) is 12.5 Å². The minimum Gasteiger partial charge on any atom is -0.374 e. The van der Waals surface area contributed by atoms with E-state index in [2.05, 4.69) is 41.5 Å². The molecule has 0 aromatic carbocycles. The second-order valence-electron chi connectivity index (χ2n) is 11.4. The molecule has 4 heterocycles. The van der Waals surface area contributed by atoms with Gasteiger partial charge in [0.25, 0.3) is 0 Å². The minimum atomic E-state index is 0.161. The average Bonchev–Trinajstić information content (AvgIpc) is 2.98. The Balaban J connectivity index is 1.45. The van der Waals surface area contributed by atoms with Crippen LogP contribution in [-0.4, -0.2) is 23.9 Å². The lowest BCUT2D eigenvalue weighted by molar-refractivity contribution is -0.129. The zero-order valence-electron chi connectivity index (χ0n) is 16.1. The van der Waals surface area contributed by atoms with Crippen LogP contribution >= 0.6 is 0 Å². The molecule has 4 aliphatic heterocycles. The zero-order valence-corrected chi connectivity index (χ0v) is 16.1. The lowest BCUT2D eigenvalue weighted by atomic mass is 9.49. The van der Waals surface area contributed by atoms with Gasteiger partial charge in [-0.3, -0.25) is 0 Å². The predicted octanol–water partition coefficient (Wildman–Crippen LogP) is 5.35. The Hall–Kier alpha value is -0.0800. The molecule has 132 valence electrons. The zero-order chi connectivity index (χ0) is 16.7. The third-order valence-electron chi connectivity index (χ3n) is 8.12. The van der Waals surface area contributed by atoms with Crippen LogP contribution in [0.4, 0.5) is 0 Å². The van der Waals surface area contributed by atoms with E-state index in [0.29, 0.717) is 22.3 Å². The first-order valence-corrected chi connectivity index (χ1v) is 9.79. The van der Waals surface area contributed by atoms with Gasteiger partial charge in [-0.2, -0.15) is 0 Å². The standard InChI is InChI=1S/C21H36O2/c1-17(2,3)20-12-21(13-20,22-14-20)11-18(4,5)15-9-16-7-8-19(6,10-15)23-16/h15-16H,7-14H2,1-6H3. The molecule has 0 aromatic heterocycles. The maximum Gasteiger partial charge on any atom is 0.0700 e. The number of ether oxygens (including phenoxy) is 2. The maximum atomic E-state index is 6.43. The van der Waals surface area contributed by atoms with Gasteiger partial charge in [0, 0.05) is 5.41 Å². The first-order chi connectivity index (χ1) is 10.5. The van der Waals surface area contributed by atoms with Gasteiger partial charge in [-0.05, 0) is 68.6 Å². The van der Waals surface area contributed by atoms with Gasteiger partial charge in [-0.25, -0.2) is 0 Å². The van der Waals surface area contributed by atoms with Crippen molar-refractivity contribution in [3.8, 4) is 0 Å². The number of fused-ring (bicyclic) bond motifs is 3. The Bertz CT molecular complexity index is 494. The second-order valence-corrected chi connectivity index (χ2v) is 11.4. The lowest BCUT2D eigenvalue weighted by Crippen LogP contribution is -2.53. The predicted molar refractivity (Wildman–Crippen MR) is 93.4 cm³/mol. The Morgan fingerprint density at radius 2 is 1.78 bits per heavy atom. The van der Waals surface area contributed by atoms with Crippen molar-refractivity contribution in [2.24, 2.45) is 22.2 Å². The SMILES string of the molecule is CC12CCC(CC(C(C)(C)CC34CC(C(C)(C)C)(CO3)C4)C1)O2. The van der Waals surface area contributed by atoms with E-state index in [1.54, 1.807) is 0 Å². The van der Waals surface area contributed by atoms with Crippen LogP contribution in [0.25, 0.3) is 0 Å². The Morgan fingerprint density at radius 3 is 2.35 bits per heavy atom. The summed E-state index contributed by atoms with van der Waals surface area (Å²) in [7, 11) is 0. The van der Waals surface area contributed by atoms with Crippen LogP contribution in [0.3, 0.4) is 0 Å².